The molecule has 1 unspecified atom stereocenters. The van der Waals surface area contributed by atoms with E-state index in [-0.39, 0.29) is 12.4 Å². The van der Waals surface area contributed by atoms with Gasteiger partial charge in [-0.2, -0.15) is 0 Å². The zero-order chi connectivity index (χ0) is 10.6. The molecule has 0 radical (unpaired) electrons. The highest BCUT2D eigenvalue weighted by atomic mass is 19.1. The Labute approximate surface area is 81.5 Å². The second kappa shape index (κ2) is 4.88. The zero-order valence-electron chi connectivity index (χ0n) is 7.90. The molecule has 0 saturated carbocycles. The van der Waals surface area contributed by atoms with Crippen LogP contribution in [0.3, 0.4) is 0 Å². The number of aliphatic hydroxyl groups excluding tert-OH is 1. The fourth-order valence-electron chi connectivity index (χ4n) is 1.08. The molecule has 1 atom stereocenters. The smallest absolute Gasteiger partial charge is 0.183 e. The number of nitrogens with zero attached hydrogens (tertiary/aromatic N) is 1. The SMILES string of the molecule is COc1cc(C(N)CCO)ncc1F. The van der Waals surface area contributed by atoms with Gasteiger partial charge in [-0.1, -0.05) is 0 Å². The van der Waals surface area contributed by atoms with Crippen molar-refractivity contribution in [2.75, 3.05) is 13.7 Å². The monoisotopic (exact) mass is 200 g/mol. The van der Waals surface area contributed by atoms with Crippen molar-refractivity contribution in [2.24, 2.45) is 5.73 Å². The quantitative estimate of drug-likeness (QED) is 0.747. The number of aliphatic hydroxyl groups is 1. The van der Waals surface area contributed by atoms with E-state index in [2.05, 4.69) is 4.98 Å². The van der Waals surface area contributed by atoms with Crippen molar-refractivity contribution in [3.63, 3.8) is 0 Å². The first kappa shape index (κ1) is 10.9. The summed E-state index contributed by atoms with van der Waals surface area (Å²) in [5.74, 6) is -0.407. The van der Waals surface area contributed by atoms with Crippen molar-refractivity contribution in [3.05, 3.63) is 23.8 Å². The predicted molar refractivity (Wildman–Crippen MR) is 49.4 cm³/mol. The molecule has 1 rings (SSSR count). The predicted octanol–water partition coefficient (Wildman–Crippen LogP) is 0.611. The lowest BCUT2D eigenvalue weighted by Gasteiger charge is -2.10. The molecule has 0 bridgehead atoms. The van der Waals surface area contributed by atoms with Gasteiger partial charge in [0, 0.05) is 18.7 Å². The van der Waals surface area contributed by atoms with Crippen LogP contribution >= 0.6 is 0 Å². The van der Waals surface area contributed by atoms with Crippen LogP contribution in [0.1, 0.15) is 18.2 Å². The summed E-state index contributed by atoms with van der Waals surface area (Å²) < 4.78 is 17.7. The normalized spacial score (nSPS) is 12.6. The van der Waals surface area contributed by atoms with Crippen LogP contribution in [0, 0.1) is 5.82 Å². The molecule has 0 amide bonds. The van der Waals surface area contributed by atoms with Gasteiger partial charge in [0.1, 0.15) is 0 Å². The van der Waals surface area contributed by atoms with Crippen LogP contribution in [0.4, 0.5) is 4.39 Å². The molecule has 1 heterocycles. The molecule has 1 aromatic heterocycles. The van der Waals surface area contributed by atoms with E-state index in [4.69, 9.17) is 15.6 Å². The molecule has 4 nitrogen and oxygen atoms in total. The molecular weight excluding hydrogens is 187 g/mol. The van der Waals surface area contributed by atoms with Crippen LogP contribution in [0.15, 0.2) is 12.3 Å². The Bertz CT molecular complexity index is 307. The average molecular weight is 200 g/mol. The van der Waals surface area contributed by atoms with E-state index in [0.717, 1.165) is 6.20 Å². The summed E-state index contributed by atoms with van der Waals surface area (Å²) in [5, 5.41) is 8.67. The van der Waals surface area contributed by atoms with Gasteiger partial charge in [-0.3, -0.25) is 4.98 Å². The molecule has 0 saturated heterocycles. The number of hydrogen-bond acceptors (Lipinski definition) is 4. The number of nitrogens with two attached hydrogens (primary N) is 1. The van der Waals surface area contributed by atoms with Crippen LogP contribution in [0.25, 0.3) is 0 Å². The van der Waals surface area contributed by atoms with E-state index in [1.54, 1.807) is 0 Å². The van der Waals surface area contributed by atoms with Crippen molar-refractivity contribution in [2.45, 2.75) is 12.5 Å². The number of hydrogen-bond donors (Lipinski definition) is 2. The van der Waals surface area contributed by atoms with Gasteiger partial charge in [0.25, 0.3) is 0 Å². The molecule has 1 aromatic rings. The van der Waals surface area contributed by atoms with Gasteiger partial charge < -0.3 is 15.6 Å². The van der Waals surface area contributed by atoms with Crippen molar-refractivity contribution in [1.29, 1.82) is 0 Å². The fourth-order valence-corrected chi connectivity index (χ4v) is 1.08. The maximum atomic E-state index is 12.9. The van der Waals surface area contributed by atoms with Crippen molar-refractivity contribution >= 4 is 0 Å². The van der Waals surface area contributed by atoms with Crippen molar-refractivity contribution < 1.29 is 14.2 Å². The summed E-state index contributed by atoms with van der Waals surface area (Å²) >= 11 is 0. The lowest BCUT2D eigenvalue weighted by molar-refractivity contribution is 0.275. The third-order valence-electron chi connectivity index (χ3n) is 1.88. The van der Waals surface area contributed by atoms with E-state index in [9.17, 15) is 4.39 Å². The third-order valence-corrected chi connectivity index (χ3v) is 1.88. The Morgan fingerprint density at radius 1 is 1.71 bits per heavy atom. The standard InChI is InChI=1S/C9H13FN2O2/c1-14-9-4-8(7(11)2-3-13)12-5-6(9)10/h4-5,7,13H,2-3,11H2,1H3. The molecule has 0 aliphatic heterocycles. The van der Waals surface area contributed by atoms with E-state index < -0.39 is 11.9 Å². The van der Waals surface area contributed by atoms with E-state index in [1.165, 1.54) is 13.2 Å². The Morgan fingerprint density at radius 3 is 3.00 bits per heavy atom. The first-order valence-electron chi connectivity index (χ1n) is 4.25. The highest BCUT2D eigenvalue weighted by Crippen LogP contribution is 2.20. The molecule has 0 aliphatic carbocycles. The largest absolute Gasteiger partial charge is 0.494 e. The molecule has 0 aliphatic rings. The van der Waals surface area contributed by atoms with Gasteiger partial charge in [0.05, 0.1) is 19.0 Å². The molecule has 5 heteroatoms. The second-order valence-corrected chi connectivity index (χ2v) is 2.86. The van der Waals surface area contributed by atoms with E-state index in [0.29, 0.717) is 12.1 Å². The average Bonchev–Trinajstić information content (AvgIpc) is 2.19. The number of ether oxygens (including phenoxy) is 1. The minimum atomic E-state index is -0.521. The summed E-state index contributed by atoms with van der Waals surface area (Å²) in [6, 6.07) is 1.05. The van der Waals surface area contributed by atoms with Gasteiger partial charge in [0.15, 0.2) is 11.6 Å². The molecule has 0 fully saturated rings. The highest BCUT2D eigenvalue weighted by molar-refractivity contribution is 5.26. The lowest BCUT2D eigenvalue weighted by Crippen LogP contribution is -2.13. The van der Waals surface area contributed by atoms with Gasteiger partial charge in [-0.05, 0) is 6.42 Å². The summed E-state index contributed by atoms with van der Waals surface area (Å²) in [6.45, 7) is -0.0253. The first-order valence-corrected chi connectivity index (χ1v) is 4.25. The van der Waals surface area contributed by atoms with Crippen molar-refractivity contribution in [3.8, 4) is 5.75 Å². The topological polar surface area (TPSA) is 68.4 Å². The van der Waals surface area contributed by atoms with Gasteiger partial charge >= 0.3 is 0 Å². The van der Waals surface area contributed by atoms with Crippen molar-refractivity contribution in [1.82, 2.24) is 4.98 Å². The Morgan fingerprint density at radius 2 is 2.43 bits per heavy atom. The summed E-state index contributed by atoms with van der Waals surface area (Å²) in [4.78, 5) is 3.81. The zero-order valence-corrected chi connectivity index (χ0v) is 7.90. The maximum Gasteiger partial charge on any atom is 0.183 e. The first-order chi connectivity index (χ1) is 6.69. The molecule has 78 valence electrons. The number of halogens is 1. The van der Waals surface area contributed by atoms with Gasteiger partial charge in [-0.25, -0.2) is 4.39 Å². The Hall–Kier alpha value is -1.20. The van der Waals surface area contributed by atoms with Crippen LogP contribution in [0.2, 0.25) is 0 Å². The number of rotatable bonds is 4. The number of aromatic nitrogens is 1. The van der Waals surface area contributed by atoms with Crippen LogP contribution in [-0.4, -0.2) is 23.8 Å². The third kappa shape index (κ3) is 2.40. The van der Waals surface area contributed by atoms with E-state index >= 15 is 0 Å². The summed E-state index contributed by atoms with van der Waals surface area (Å²) in [5.41, 5.74) is 6.19. The minimum Gasteiger partial charge on any atom is -0.494 e. The molecular formula is C9H13FN2O2. The van der Waals surface area contributed by atoms with Crippen LogP contribution in [-0.2, 0) is 0 Å². The molecule has 0 spiro atoms. The van der Waals surface area contributed by atoms with E-state index in [1.807, 2.05) is 0 Å². The molecule has 14 heavy (non-hydrogen) atoms. The van der Waals surface area contributed by atoms with Gasteiger partial charge in [0.2, 0.25) is 0 Å². The van der Waals surface area contributed by atoms with Gasteiger partial charge in [-0.15, -0.1) is 0 Å². The molecule has 0 aromatic carbocycles. The maximum absolute atomic E-state index is 12.9. The van der Waals surface area contributed by atoms with Crippen LogP contribution < -0.4 is 10.5 Å². The molecule has 3 N–H and O–H groups in total. The Kier molecular flexibility index (Phi) is 3.79. The number of pyridine rings is 1. The Balaban J connectivity index is 2.88. The van der Waals surface area contributed by atoms with Crippen LogP contribution in [0.5, 0.6) is 5.75 Å². The minimum absolute atomic E-state index is 0.0253. The lowest BCUT2D eigenvalue weighted by atomic mass is 10.1. The summed E-state index contributed by atoms with van der Waals surface area (Å²) in [7, 11) is 1.37. The highest BCUT2D eigenvalue weighted by Gasteiger charge is 2.10. The summed E-state index contributed by atoms with van der Waals surface area (Å²) in [6.07, 6.45) is 1.45. The fraction of sp³-hybridized carbons (Fsp3) is 0.444. The number of methoxy groups -OCH3 is 1. The second-order valence-electron chi connectivity index (χ2n) is 2.86.